The van der Waals surface area contributed by atoms with Gasteiger partial charge in [-0.05, 0) is 58.9 Å². The van der Waals surface area contributed by atoms with Gasteiger partial charge in [0.2, 0.25) is 15.9 Å². The van der Waals surface area contributed by atoms with Crippen LogP contribution < -0.4 is 4.72 Å². The summed E-state index contributed by atoms with van der Waals surface area (Å²) in [6.45, 7) is 9.14. The number of hydrogen-bond acceptors (Lipinski definition) is 5. The zero-order valence-electron chi connectivity index (χ0n) is 17.2. The smallest absolute Gasteiger partial charge is 0.255 e. The van der Waals surface area contributed by atoms with Crippen LogP contribution in [0.2, 0.25) is 0 Å². The minimum atomic E-state index is -3.66. The average Bonchev–Trinajstić information content (AvgIpc) is 3.07. The molecular weight excluding hydrogens is 398 g/mol. The second-order valence-electron chi connectivity index (χ2n) is 8.21. The van der Waals surface area contributed by atoms with Crippen molar-refractivity contribution in [2.75, 3.05) is 18.7 Å². The maximum Gasteiger partial charge on any atom is 0.255 e. The van der Waals surface area contributed by atoms with Gasteiger partial charge in [-0.3, -0.25) is 9.59 Å². The molecule has 1 N–H and O–H groups in total. The molecule has 7 nitrogen and oxygen atoms in total. The van der Waals surface area contributed by atoms with Crippen LogP contribution in [-0.4, -0.2) is 66.3 Å². The molecule has 28 heavy (non-hydrogen) atoms. The van der Waals surface area contributed by atoms with Crippen molar-refractivity contribution in [3.8, 4) is 0 Å². The number of nitrogens with one attached hydrogen (secondary N) is 1. The highest BCUT2D eigenvalue weighted by Crippen LogP contribution is 2.25. The van der Waals surface area contributed by atoms with Crippen LogP contribution >= 0.6 is 11.8 Å². The third-order valence-corrected chi connectivity index (χ3v) is 7.19. The molecule has 1 saturated heterocycles. The molecule has 0 unspecified atom stereocenters. The van der Waals surface area contributed by atoms with E-state index in [2.05, 4.69) is 4.72 Å². The first-order valence-electron chi connectivity index (χ1n) is 9.13. The molecule has 1 aliphatic rings. The van der Waals surface area contributed by atoms with Crippen molar-refractivity contribution in [2.24, 2.45) is 0 Å². The van der Waals surface area contributed by atoms with Crippen molar-refractivity contribution in [1.82, 2.24) is 14.5 Å². The van der Waals surface area contributed by atoms with Gasteiger partial charge >= 0.3 is 0 Å². The number of thioether (sulfide) groups is 1. The van der Waals surface area contributed by atoms with Crippen LogP contribution in [0.25, 0.3) is 0 Å². The Hall–Kier alpha value is -1.58. The molecule has 0 spiro atoms. The van der Waals surface area contributed by atoms with E-state index in [0.29, 0.717) is 17.2 Å². The molecule has 0 saturated carbocycles. The second-order valence-corrected chi connectivity index (χ2v) is 10.9. The lowest BCUT2D eigenvalue weighted by Gasteiger charge is -2.29. The fourth-order valence-corrected chi connectivity index (χ4v) is 5.30. The zero-order valence-corrected chi connectivity index (χ0v) is 18.9. The molecule has 1 aromatic rings. The van der Waals surface area contributed by atoms with E-state index in [-0.39, 0.29) is 22.8 Å². The Balaban J connectivity index is 2.19. The summed E-state index contributed by atoms with van der Waals surface area (Å²) in [5.74, 6) is 0.645. The fourth-order valence-electron chi connectivity index (χ4n) is 2.74. The summed E-state index contributed by atoms with van der Waals surface area (Å²) in [4.78, 5) is 28.9. The van der Waals surface area contributed by atoms with Gasteiger partial charge in [0.05, 0.1) is 10.8 Å². The largest absolute Gasteiger partial charge is 0.342 e. The lowest BCUT2D eigenvalue weighted by atomic mass is 10.1. The number of rotatable bonds is 5. The van der Waals surface area contributed by atoms with E-state index >= 15 is 0 Å². The average molecular weight is 428 g/mol. The van der Waals surface area contributed by atoms with Crippen molar-refractivity contribution < 1.29 is 18.0 Å². The van der Waals surface area contributed by atoms with Gasteiger partial charge in [-0.2, -0.15) is 0 Å². The van der Waals surface area contributed by atoms with Gasteiger partial charge in [0.25, 0.3) is 5.91 Å². The number of benzene rings is 1. The topological polar surface area (TPSA) is 86.8 Å². The molecule has 1 fully saturated rings. The summed E-state index contributed by atoms with van der Waals surface area (Å²) >= 11 is 1.54. The van der Waals surface area contributed by atoms with Crippen LogP contribution in [-0.2, 0) is 14.8 Å². The zero-order chi connectivity index (χ0) is 21.3. The van der Waals surface area contributed by atoms with Crippen LogP contribution in [0.3, 0.4) is 0 Å². The molecule has 9 heteroatoms. The van der Waals surface area contributed by atoms with Gasteiger partial charge in [-0.15, -0.1) is 11.8 Å². The van der Waals surface area contributed by atoms with E-state index in [4.69, 9.17) is 0 Å². The molecule has 1 heterocycles. The number of nitrogens with zero attached hydrogens (tertiary/aromatic N) is 2. The molecule has 0 bridgehead atoms. The first kappa shape index (κ1) is 22.7. The van der Waals surface area contributed by atoms with Crippen LogP contribution in [0.5, 0.6) is 0 Å². The standard InChI is InChI=1S/C19H29N3O4S2/c1-13(2)21(6)18(24)16-11-27-12-22(16)17(23)14-7-9-15(10-8-14)28(25,26)20-19(3,4)5/h7-10,13,16,20H,11-12H2,1-6H3/t16-/m1/s1. The van der Waals surface area contributed by atoms with Crippen molar-refractivity contribution in [2.45, 2.75) is 57.1 Å². The maximum atomic E-state index is 12.9. The summed E-state index contributed by atoms with van der Waals surface area (Å²) in [5.41, 5.74) is -0.238. The van der Waals surface area contributed by atoms with Gasteiger partial charge < -0.3 is 9.80 Å². The number of carbonyl (C=O) groups excluding carboxylic acids is 2. The Bertz CT molecular complexity index is 830. The Morgan fingerprint density at radius 2 is 1.79 bits per heavy atom. The predicted molar refractivity (Wildman–Crippen MR) is 112 cm³/mol. The van der Waals surface area contributed by atoms with Gasteiger partial charge in [-0.25, -0.2) is 13.1 Å². The van der Waals surface area contributed by atoms with E-state index in [0.717, 1.165) is 0 Å². The van der Waals surface area contributed by atoms with E-state index in [1.807, 2.05) is 13.8 Å². The number of likely N-dealkylation sites (N-methyl/N-ethyl adjacent to an activating group) is 1. The number of carbonyl (C=O) groups is 2. The summed E-state index contributed by atoms with van der Waals surface area (Å²) < 4.78 is 27.4. The summed E-state index contributed by atoms with van der Waals surface area (Å²) in [6, 6.07) is 5.38. The van der Waals surface area contributed by atoms with Crippen LogP contribution in [0.4, 0.5) is 0 Å². The molecule has 0 aliphatic carbocycles. The highest BCUT2D eigenvalue weighted by molar-refractivity contribution is 7.99. The van der Waals surface area contributed by atoms with Crippen molar-refractivity contribution in [3.05, 3.63) is 29.8 Å². The number of amides is 2. The molecule has 2 rings (SSSR count). The summed E-state index contributed by atoms with van der Waals surface area (Å²) in [7, 11) is -1.93. The quantitative estimate of drug-likeness (QED) is 0.778. The first-order valence-corrected chi connectivity index (χ1v) is 11.8. The van der Waals surface area contributed by atoms with Crippen molar-refractivity contribution >= 4 is 33.6 Å². The van der Waals surface area contributed by atoms with Gasteiger partial charge in [0.1, 0.15) is 6.04 Å². The second kappa shape index (κ2) is 8.42. The summed E-state index contributed by atoms with van der Waals surface area (Å²) in [6.07, 6.45) is 0. The molecule has 1 aromatic carbocycles. The highest BCUT2D eigenvalue weighted by atomic mass is 32.2. The van der Waals surface area contributed by atoms with Crippen LogP contribution in [0.15, 0.2) is 29.2 Å². The van der Waals surface area contributed by atoms with Crippen molar-refractivity contribution in [1.29, 1.82) is 0 Å². The minimum Gasteiger partial charge on any atom is -0.342 e. The summed E-state index contributed by atoms with van der Waals surface area (Å²) in [5, 5.41) is 0. The molecule has 1 atom stereocenters. The Morgan fingerprint density at radius 1 is 1.21 bits per heavy atom. The first-order chi connectivity index (χ1) is 12.8. The highest BCUT2D eigenvalue weighted by Gasteiger charge is 2.37. The van der Waals surface area contributed by atoms with E-state index < -0.39 is 21.6 Å². The molecule has 1 aliphatic heterocycles. The molecule has 0 aromatic heterocycles. The fraction of sp³-hybridized carbons (Fsp3) is 0.579. The third-order valence-electron chi connectivity index (χ3n) is 4.40. The lowest BCUT2D eigenvalue weighted by molar-refractivity contribution is -0.135. The third kappa shape index (κ3) is 5.27. The van der Waals surface area contributed by atoms with Crippen LogP contribution in [0.1, 0.15) is 45.0 Å². The lowest BCUT2D eigenvalue weighted by Crippen LogP contribution is -2.49. The van der Waals surface area contributed by atoms with E-state index in [1.165, 1.54) is 36.0 Å². The van der Waals surface area contributed by atoms with Crippen LogP contribution in [0, 0.1) is 0 Å². The Kier molecular flexibility index (Phi) is 6.83. The monoisotopic (exact) mass is 427 g/mol. The normalized spacial score (nSPS) is 17.8. The SMILES string of the molecule is CC(C)N(C)C(=O)[C@H]1CSCN1C(=O)c1ccc(S(=O)(=O)NC(C)(C)C)cc1. The predicted octanol–water partition coefficient (Wildman–Crippen LogP) is 2.15. The molecule has 156 valence electrons. The van der Waals surface area contributed by atoms with Gasteiger partial charge in [0, 0.05) is 29.9 Å². The number of hydrogen-bond donors (Lipinski definition) is 1. The number of sulfonamides is 1. The van der Waals surface area contributed by atoms with Gasteiger partial charge in [0.15, 0.2) is 0 Å². The Labute approximate surface area is 171 Å². The maximum absolute atomic E-state index is 12.9. The minimum absolute atomic E-state index is 0.0508. The molecule has 0 radical (unpaired) electrons. The van der Waals surface area contributed by atoms with E-state index in [9.17, 15) is 18.0 Å². The van der Waals surface area contributed by atoms with E-state index in [1.54, 1.807) is 37.6 Å². The molecule has 2 amide bonds. The van der Waals surface area contributed by atoms with Gasteiger partial charge in [-0.1, -0.05) is 0 Å². The molecular formula is C19H29N3O4S2. The Morgan fingerprint density at radius 3 is 2.29 bits per heavy atom. The van der Waals surface area contributed by atoms with Crippen molar-refractivity contribution in [3.63, 3.8) is 0 Å².